The average Bonchev–Trinajstić information content (AvgIpc) is 2.84. The van der Waals surface area contributed by atoms with E-state index in [-0.39, 0.29) is 28.0 Å². The number of hydrogen-bond acceptors (Lipinski definition) is 7. The van der Waals surface area contributed by atoms with Gasteiger partial charge in [-0.1, -0.05) is 16.1 Å². The highest BCUT2D eigenvalue weighted by Gasteiger charge is 2.35. The Kier molecular flexibility index (Phi) is 5.49. The Bertz CT molecular complexity index is 764. The van der Waals surface area contributed by atoms with E-state index in [0.29, 0.717) is 4.47 Å². The first-order chi connectivity index (χ1) is 11.2. The van der Waals surface area contributed by atoms with Crippen molar-refractivity contribution < 1.29 is 32.3 Å². The molecule has 0 saturated carbocycles. The van der Waals surface area contributed by atoms with Crippen molar-refractivity contribution >= 4 is 33.6 Å². The summed E-state index contributed by atoms with van der Waals surface area (Å²) in [6, 6.07) is 3.63. The lowest BCUT2D eigenvalue weighted by molar-refractivity contribution is -0.147. The third-order valence-corrected chi connectivity index (χ3v) is 5.58. The number of nitrogens with zero attached hydrogens (tertiary/aromatic N) is 1. The number of carbonyl (C=O) groups excluding carboxylic acids is 2. The number of rotatable bonds is 5. The van der Waals surface area contributed by atoms with E-state index in [1.54, 1.807) is 6.92 Å². The maximum absolute atomic E-state index is 12.3. The Morgan fingerprint density at radius 3 is 2.62 bits per heavy atom. The quantitative estimate of drug-likeness (QED) is 0.564. The van der Waals surface area contributed by atoms with Crippen LogP contribution in [0.1, 0.15) is 23.7 Å². The molecule has 1 aromatic rings. The van der Waals surface area contributed by atoms with Crippen LogP contribution in [0, 0.1) is 0 Å². The first-order valence-electron chi connectivity index (χ1n) is 6.91. The van der Waals surface area contributed by atoms with Crippen LogP contribution in [0.15, 0.2) is 23.1 Å². The Morgan fingerprint density at radius 2 is 2.08 bits per heavy atom. The minimum Gasteiger partial charge on any atom is -0.460 e. The second kappa shape index (κ2) is 7.06. The highest BCUT2D eigenvalue weighted by atomic mass is 35.5. The molecule has 2 rings (SSSR count). The molecule has 0 amide bonds. The summed E-state index contributed by atoms with van der Waals surface area (Å²) in [6.07, 6.45) is -1.10. The molecule has 2 atom stereocenters. The molecule has 1 saturated heterocycles. The number of hydrogen-bond donors (Lipinski definition) is 0. The molecule has 0 aliphatic carbocycles. The highest BCUT2D eigenvalue weighted by molar-refractivity contribution is 7.89. The molecule has 0 spiro atoms. The molecule has 132 valence electrons. The average molecular weight is 378 g/mol. The zero-order valence-corrected chi connectivity index (χ0v) is 14.8. The Balaban J connectivity index is 2.28. The van der Waals surface area contributed by atoms with E-state index in [9.17, 15) is 18.0 Å². The summed E-state index contributed by atoms with van der Waals surface area (Å²) in [7, 11) is -1.68. The van der Waals surface area contributed by atoms with Crippen LogP contribution < -0.4 is 0 Å². The van der Waals surface area contributed by atoms with Crippen LogP contribution in [0.4, 0.5) is 0 Å². The monoisotopic (exact) mass is 377 g/mol. The van der Waals surface area contributed by atoms with Crippen LogP contribution >= 0.6 is 11.6 Å². The van der Waals surface area contributed by atoms with E-state index in [1.165, 1.54) is 26.3 Å². The molecular formula is C14H16ClNO7S. The molecule has 0 unspecified atom stereocenters. The van der Waals surface area contributed by atoms with Gasteiger partial charge in [-0.3, -0.25) is 4.84 Å². The molecule has 1 aliphatic rings. The number of esters is 2. The molecular weight excluding hydrogens is 362 g/mol. The molecule has 0 N–H and O–H groups in total. The van der Waals surface area contributed by atoms with Gasteiger partial charge >= 0.3 is 11.9 Å². The summed E-state index contributed by atoms with van der Waals surface area (Å²) in [5.41, 5.74) is -0.0603. The Labute approximate surface area is 144 Å². The predicted octanol–water partition coefficient (Wildman–Crippen LogP) is 1.38. The zero-order chi connectivity index (χ0) is 18.1. The molecule has 1 fully saturated rings. The Hall–Kier alpha value is -1.68. The maximum atomic E-state index is 12.3. The van der Waals surface area contributed by atoms with Crippen molar-refractivity contribution in [2.24, 2.45) is 0 Å². The lowest BCUT2D eigenvalue weighted by Gasteiger charge is -2.16. The van der Waals surface area contributed by atoms with Crippen LogP contribution in [-0.2, 0) is 29.1 Å². The lowest BCUT2D eigenvalue weighted by atomic mass is 10.2. The molecule has 0 bridgehead atoms. The fourth-order valence-corrected chi connectivity index (χ4v) is 3.55. The molecule has 1 aliphatic heterocycles. The molecule has 8 nitrogen and oxygen atoms in total. The van der Waals surface area contributed by atoms with Crippen LogP contribution in [0.2, 0.25) is 5.02 Å². The van der Waals surface area contributed by atoms with E-state index in [4.69, 9.17) is 21.1 Å². The van der Waals surface area contributed by atoms with Crippen molar-refractivity contribution in [3.63, 3.8) is 0 Å². The van der Waals surface area contributed by atoms with Crippen molar-refractivity contribution in [1.82, 2.24) is 4.47 Å². The van der Waals surface area contributed by atoms with Crippen LogP contribution in [0.25, 0.3) is 0 Å². The van der Waals surface area contributed by atoms with Crippen LogP contribution in [0.5, 0.6) is 0 Å². The van der Waals surface area contributed by atoms with Gasteiger partial charge in [0.1, 0.15) is 11.0 Å². The standard InChI is InChI=1S/C14H16ClNO7S/c1-8-6-11(14(18)22-8)23-13(17)9-4-5-10(15)12(7-9)24(19,20)16(2)21-3/h4-5,7-8,11H,6H2,1-3H3/t8-,11-/m0/s1. The largest absolute Gasteiger partial charge is 0.460 e. The van der Waals surface area contributed by atoms with Crippen molar-refractivity contribution in [3.05, 3.63) is 28.8 Å². The summed E-state index contributed by atoms with van der Waals surface area (Å²) in [4.78, 5) is 28.0. The van der Waals surface area contributed by atoms with Gasteiger partial charge in [-0.15, -0.1) is 0 Å². The first-order valence-corrected chi connectivity index (χ1v) is 8.72. The second-order valence-electron chi connectivity index (χ2n) is 5.12. The van der Waals surface area contributed by atoms with Gasteiger partial charge in [0.25, 0.3) is 10.0 Å². The molecule has 24 heavy (non-hydrogen) atoms. The first kappa shape index (κ1) is 18.7. The van der Waals surface area contributed by atoms with Crippen LogP contribution in [0.3, 0.4) is 0 Å². The minimum absolute atomic E-state index is 0.0603. The third-order valence-electron chi connectivity index (χ3n) is 3.42. The minimum atomic E-state index is -4.04. The lowest BCUT2D eigenvalue weighted by Crippen LogP contribution is -2.26. The molecule has 0 radical (unpaired) electrons. The fraction of sp³-hybridized carbons (Fsp3) is 0.429. The van der Waals surface area contributed by atoms with Gasteiger partial charge in [-0.05, 0) is 25.1 Å². The Morgan fingerprint density at radius 1 is 1.42 bits per heavy atom. The molecule has 1 aromatic carbocycles. The maximum Gasteiger partial charge on any atom is 0.347 e. The summed E-state index contributed by atoms with van der Waals surface area (Å²) in [5.74, 6) is -1.48. The normalized spacial score (nSPS) is 21.0. The van der Waals surface area contributed by atoms with Gasteiger partial charge in [-0.25, -0.2) is 18.0 Å². The number of sulfonamides is 1. The second-order valence-corrected chi connectivity index (χ2v) is 7.43. The number of cyclic esters (lactones) is 1. The van der Waals surface area contributed by atoms with Gasteiger partial charge in [0.15, 0.2) is 0 Å². The number of hydroxylamine groups is 1. The third kappa shape index (κ3) is 3.69. The SMILES string of the molecule is CON(C)S(=O)(=O)c1cc(C(=O)O[C@H]2C[C@H](C)OC2=O)ccc1Cl. The van der Waals surface area contributed by atoms with Crippen LogP contribution in [-0.4, -0.2) is 51.2 Å². The van der Waals surface area contributed by atoms with E-state index in [1.807, 2.05) is 0 Å². The van der Waals surface area contributed by atoms with Gasteiger partial charge in [0.2, 0.25) is 6.10 Å². The molecule has 1 heterocycles. The van der Waals surface area contributed by atoms with E-state index >= 15 is 0 Å². The molecule has 0 aromatic heterocycles. The topological polar surface area (TPSA) is 99.2 Å². The van der Waals surface area contributed by atoms with Gasteiger partial charge in [0, 0.05) is 13.5 Å². The van der Waals surface area contributed by atoms with Crippen molar-refractivity contribution in [1.29, 1.82) is 0 Å². The summed E-state index contributed by atoms with van der Waals surface area (Å²) in [5, 5.41) is -0.0793. The zero-order valence-electron chi connectivity index (χ0n) is 13.2. The van der Waals surface area contributed by atoms with E-state index in [2.05, 4.69) is 4.84 Å². The van der Waals surface area contributed by atoms with Gasteiger partial charge in [0.05, 0.1) is 17.7 Å². The van der Waals surface area contributed by atoms with Crippen molar-refractivity contribution in [2.45, 2.75) is 30.4 Å². The number of benzene rings is 1. The van der Waals surface area contributed by atoms with Gasteiger partial charge in [-0.2, -0.15) is 0 Å². The predicted molar refractivity (Wildman–Crippen MR) is 82.8 cm³/mol. The fourth-order valence-electron chi connectivity index (χ4n) is 2.08. The summed E-state index contributed by atoms with van der Waals surface area (Å²) in [6.45, 7) is 1.68. The van der Waals surface area contributed by atoms with E-state index in [0.717, 1.165) is 6.07 Å². The smallest absolute Gasteiger partial charge is 0.347 e. The van der Waals surface area contributed by atoms with Gasteiger partial charge < -0.3 is 9.47 Å². The number of halogens is 1. The van der Waals surface area contributed by atoms with Crippen molar-refractivity contribution in [3.8, 4) is 0 Å². The van der Waals surface area contributed by atoms with E-state index < -0.39 is 28.1 Å². The van der Waals surface area contributed by atoms with Crippen molar-refractivity contribution in [2.75, 3.05) is 14.2 Å². The molecule has 10 heteroatoms. The summed E-state index contributed by atoms with van der Waals surface area (Å²) < 4.78 is 35.2. The number of carbonyl (C=O) groups is 2. The number of ether oxygens (including phenoxy) is 2. The summed E-state index contributed by atoms with van der Waals surface area (Å²) >= 11 is 5.91. The highest BCUT2D eigenvalue weighted by Crippen LogP contribution is 2.26.